The number of rotatable bonds is 5. The minimum absolute atomic E-state index is 0.101. The lowest BCUT2D eigenvalue weighted by Gasteiger charge is -2.31. The zero-order chi connectivity index (χ0) is 24.4. The number of nitrogens with zero attached hydrogens (tertiary/aromatic N) is 6. The van der Waals surface area contributed by atoms with Gasteiger partial charge in [0.25, 0.3) is 5.91 Å². The predicted molar refractivity (Wildman–Crippen MR) is 123 cm³/mol. The van der Waals surface area contributed by atoms with Gasteiger partial charge in [0.15, 0.2) is 5.82 Å². The summed E-state index contributed by atoms with van der Waals surface area (Å²) in [6.07, 6.45) is 2.01. The van der Waals surface area contributed by atoms with Crippen molar-refractivity contribution in [3.8, 4) is 11.5 Å². The molecule has 0 aliphatic carbocycles. The second-order valence-electron chi connectivity index (χ2n) is 8.40. The molecule has 3 aromatic rings. The Kier molecular flexibility index (Phi) is 6.55. The molecule has 1 aliphatic heterocycles. The maximum atomic E-state index is 14.8. The third kappa shape index (κ3) is 4.60. The van der Waals surface area contributed by atoms with E-state index in [1.165, 1.54) is 23.4 Å². The number of halogens is 1. The quantitative estimate of drug-likeness (QED) is 0.595. The SMILES string of the molecule is CC(CO)n1cnnc1-c1cccc(NC(=O)c2cc3c(cc2F)CCN(C(=O)N(C)C)C3)n1. The van der Waals surface area contributed by atoms with E-state index in [1.54, 1.807) is 41.8 Å². The summed E-state index contributed by atoms with van der Waals surface area (Å²) in [7, 11) is 3.35. The molecule has 0 spiro atoms. The van der Waals surface area contributed by atoms with E-state index >= 15 is 0 Å². The van der Waals surface area contributed by atoms with Gasteiger partial charge in [-0.3, -0.25) is 4.79 Å². The molecule has 2 aromatic heterocycles. The monoisotopic (exact) mass is 467 g/mol. The molecular weight excluding hydrogens is 441 g/mol. The first kappa shape index (κ1) is 23.3. The van der Waals surface area contributed by atoms with Gasteiger partial charge in [-0.2, -0.15) is 0 Å². The molecule has 34 heavy (non-hydrogen) atoms. The zero-order valence-corrected chi connectivity index (χ0v) is 19.2. The van der Waals surface area contributed by atoms with Crippen LogP contribution in [0.2, 0.25) is 0 Å². The third-order valence-electron chi connectivity index (χ3n) is 5.73. The highest BCUT2D eigenvalue weighted by Gasteiger charge is 2.25. The predicted octanol–water partition coefficient (Wildman–Crippen LogP) is 2.32. The van der Waals surface area contributed by atoms with Crippen molar-refractivity contribution >= 4 is 17.8 Å². The van der Waals surface area contributed by atoms with E-state index in [1.807, 2.05) is 6.92 Å². The molecule has 0 saturated carbocycles. The molecule has 0 bridgehead atoms. The van der Waals surface area contributed by atoms with Gasteiger partial charge < -0.3 is 24.8 Å². The number of aliphatic hydroxyl groups excluding tert-OH is 1. The molecule has 1 unspecified atom stereocenters. The van der Waals surface area contributed by atoms with Crippen LogP contribution in [-0.4, -0.2) is 73.8 Å². The standard InChI is InChI=1S/C23H26FN7O3/c1-14(12-32)31-13-25-28-21(31)19-5-4-6-20(26-19)27-22(33)17-9-16-11-30(23(34)29(2)3)8-7-15(16)10-18(17)24/h4-6,9-10,13-14,32H,7-8,11-12H2,1-3H3,(H,26,27,33). The Balaban J connectivity index is 1.56. The van der Waals surface area contributed by atoms with Crippen LogP contribution in [0.5, 0.6) is 0 Å². The molecule has 4 rings (SSSR count). The summed E-state index contributed by atoms with van der Waals surface area (Å²) in [5, 5.41) is 20.0. The van der Waals surface area contributed by atoms with Gasteiger partial charge in [-0.1, -0.05) is 6.07 Å². The van der Waals surface area contributed by atoms with Crippen molar-refractivity contribution in [1.82, 2.24) is 29.5 Å². The number of benzene rings is 1. The molecule has 178 valence electrons. The zero-order valence-electron chi connectivity index (χ0n) is 19.2. The van der Waals surface area contributed by atoms with Crippen molar-refractivity contribution in [3.63, 3.8) is 0 Å². The van der Waals surface area contributed by atoms with E-state index in [0.717, 1.165) is 11.1 Å². The number of hydrogen-bond acceptors (Lipinski definition) is 6. The number of carbonyl (C=O) groups is 2. The lowest BCUT2D eigenvalue weighted by Crippen LogP contribution is -2.42. The van der Waals surface area contributed by atoms with Crippen molar-refractivity contribution in [2.45, 2.75) is 25.9 Å². The van der Waals surface area contributed by atoms with E-state index in [9.17, 15) is 19.1 Å². The second kappa shape index (κ2) is 9.56. The number of urea groups is 1. The first-order chi connectivity index (χ1) is 16.3. The third-order valence-corrected chi connectivity index (χ3v) is 5.73. The van der Waals surface area contributed by atoms with E-state index in [0.29, 0.717) is 31.0 Å². The van der Waals surface area contributed by atoms with Crippen LogP contribution in [0, 0.1) is 5.82 Å². The van der Waals surface area contributed by atoms with Crippen LogP contribution < -0.4 is 5.32 Å². The van der Waals surface area contributed by atoms with Crippen LogP contribution in [0.1, 0.15) is 34.5 Å². The first-order valence-electron chi connectivity index (χ1n) is 10.8. The fraction of sp³-hybridized carbons (Fsp3) is 0.348. The van der Waals surface area contributed by atoms with Gasteiger partial charge >= 0.3 is 6.03 Å². The summed E-state index contributed by atoms with van der Waals surface area (Å²) < 4.78 is 16.5. The molecule has 3 heterocycles. The average molecular weight is 468 g/mol. The van der Waals surface area contributed by atoms with E-state index < -0.39 is 11.7 Å². The topological polar surface area (TPSA) is 116 Å². The maximum absolute atomic E-state index is 14.8. The Bertz CT molecular complexity index is 1230. The van der Waals surface area contributed by atoms with Gasteiger partial charge in [0.05, 0.1) is 18.2 Å². The second-order valence-corrected chi connectivity index (χ2v) is 8.40. The molecule has 0 radical (unpaired) electrons. The fourth-order valence-corrected chi connectivity index (χ4v) is 3.85. The largest absolute Gasteiger partial charge is 0.394 e. The van der Waals surface area contributed by atoms with Crippen LogP contribution in [-0.2, 0) is 13.0 Å². The highest BCUT2D eigenvalue weighted by atomic mass is 19.1. The Morgan fingerprint density at radius 1 is 1.26 bits per heavy atom. The molecule has 11 heteroatoms. The van der Waals surface area contributed by atoms with Gasteiger partial charge in [-0.25, -0.2) is 14.2 Å². The van der Waals surface area contributed by atoms with Crippen LogP contribution in [0.25, 0.3) is 11.5 Å². The van der Waals surface area contributed by atoms with Gasteiger partial charge in [0.2, 0.25) is 0 Å². The normalized spacial score (nSPS) is 13.9. The molecule has 0 fully saturated rings. The summed E-state index contributed by atoms with van der Waals surface area (Å²) in [5.74, 6) is -0.624. The Morgan fingerprint density at radius 2 is 2.06 bits per heavy atom. The van der Waals surface area contributed by atoms with Crippen molar-refractivity contribution in [3.05, 3.63) is 59.2 Å². The van der Waals surface area contributed by atoms with E-state index in [2.05, 4.69) is 20.5 Å². The highest BCUT2D eigenvalue weighted by Crippen LogP contribution is 2.25. The number of amides is 3. The van der Waals surface area contributed by atoms with Crippen molar-refractivity contribution < 1.29 is 19.1 Å². The van der Waals surface area contributed by atoms with Crippen LogP contribution in [0.4, 0.5) is 15.0 Å². The number of hydrogen-bond donors (Lipinski definition) is 2. The lowest BCUT2D eigenvalue weighted by atomic mass is 9.96. The van der Waals surface area contributed by atoms with Crippen LogP contribution in [0.3, 0.4) is 0 Å². The molecule has 1 aliphatic rings. The highest BCUT2D eigenvalue weighted by molar-refractivity contribution is 6.04. The number of fused-ring (bicyclic) bond motifs is 1. The molecule has 3 amide bonds. The van der Waals surface area contributed by atoms with Crippen molar-refractivity contribution in [1.29, 1.82) is 0 Å². The Labute approximate surface area is 196 Å². The summed E-state index contributed by atoms with van der Waals surface area (Å²) in [4.78, 5) is 32.8. The van der Waals surface area contributed by atoms with Gasteiger partial charge in [-0.15, -0.1) is 10.2 Å². The van der Waals surface area contributed by atoms with Gasteiger partial charge in [0, 0.05) is 27.2 Å². The Hall–Kier alpha value is -3.86. The molecule has 10 nitrogen and oxygen atoms in total. The number of carbonyl (C=O) groups excluding carboxylic acids is 2. The number of aromatic nitrogens is 4. The molecular formula is C23H26FN7O3. The number of nitrogens with one attached hydrogen (secondary N) is 1. The van der Waals surface area contributed by atoms with Gasteiger partial charge in [-0.05, 0) is 48.7 Å². The van der Waals surface area contributed by atoms with Crippen molar-refractivity contribution in [2.75, 3.05) is 32.6 Å². The smallest absolute Gasteiger partial charge is 0.319 e. The lowest BCUT2D eigenvalue weighted by molar-refractivity contribution is 0.102. The fourth-order valence-electron chi connectivity index (χ4n) is 3.85. The Morgan fingerprint density at radius 3 is 2.79 bits per heavy atom. The summed E-state index contributed by atoms with van der Waals surface area (Å²) >= 11 is 0. The number of aliphatic hydroxyl groups is 1. The summed E-state index contributed by atoms with van der Waals surface area (Å²) in [5.41, 5.74) is 1.84. The van der Waals surface area contributed by atoms with Gasteiger partial charge in [0.1, 0.15) is 23.7 Å². The maximum Gasteiger partial charge on any atom is 0.319 e. The molecule has 2 N–H and O–H groups in total. The van der Waals surface area contributed by atoms with Crippen LogP contribution in [0.15, 0.2) is 36.7 Å². The molecule has 1 aromatic carbocycles. The summed E-state index contributed by atoms with van der Waals surface area (Å²) in [6, 6.07) is 7.46. The first-order valence-corrected chi connectivity index (χ1v) is 10.8. The average Bonchev–Trinajstić information content (AvgIpc) is 3.32. The molecule has 1 atom stereocenters. The summed E-state index contributed by atoms with van der Waals surface area (Å²) in [6.45, 7) is 2.51. The minimum atomic E-state index is -0.647. The minimum Gasteiger partial charge on any atom is -0.394 e. The number of pyridine rings is 1. The van der Waals surface area contributed by atoms with E-state index in [4.69, 9.17) is 0 Å². The van der Waals surface area contributed by atoms with E-state index in [-0.39, 0.29) is 30.1 Å². The van der Waals surface area contributed by atoms with Crippen LogP contribution >= 0.6 is 0 Å². The molecule has 0 saturated heterocycles. The van der Waals surface area contributed by atoms with Crippen molar-refractivity contribution in [2.24, 2.45) is 0 Å². The number of anilines is 1.